The van der Waals surface area contributed by atoms with Gasteiger partial charge in [0.25, 0.3) is 0 Å². The Bertz CT molecular complexity index is 732. The van der Waals surface area contributed by atoms with Gasteiger partial charge in [-0.05, 0) is 12.1 Å². The third-order valence-electron chi connectivity index (χ3n) is 2.58. The van der Waals surface area contributed by atoms with Crippen LogP contribution in [0.2, 0.25) is 0 Å². The third kappa shape index (κ3) is 3.17. The minimum Gasteiger partial charge on any atom is -0.480 e. The normalized spacial score (nSPS) is 11.8. The molecule has 2 N–H and O–H groups in total. The predicted molar refractivity (Wildman–Crippen MR) is 74.0 cm³/mol. The first-order chi connectivity index (χ1) is 9.92. The van der Waals surface area contributed by atoms with E-state index < -0.39 is 30.2 Å². The number of nitrogens with one attached hydrogen (secondary N) is 1. The lowest BCUT2D eigenvalue weighted by atomic mass is 9.95. The largest absolute Gasteiger partial charge is 0.480 e. The molecule has 1 heterocycles. The number of hydrogen-bond donors (Lipinski definition) is 2. The average molecular weight is 303 g/mol. The Morgan fingerprint density at radius 2 is 2.29 bits per heavy atom. The Kier molecular flexibility index (Phi) is 4.19. The zero-order valence-electron chi connectivity index (χ0n) is 10.5. The van der Waals surface area contributed by atoms with E-state index in [4.69, 9.17) is 18.2 Å². The number of carbonyl (C=O) groups is 2. The highest BCUT2D eigenvalue weighted by atomic mass is 32.1. The maximum Gasteiger partial charge on any atom is 0.322 e. The zero-order valence-corrected chi connectivity index (χ0v) is 11.3. The monoisotopic (exact) mass is 303 g/mol. The Hall–Kier alpha value is -2.47. The second kappa shape index (κ2) is 5.89. The van der Waals surface area contributed by atoms with Gasteiger partial charge in [0.15, 0.2) is 5.92 Å². The summed E-state index contributed by atoms with van der Waals surface area (Å²) < 4.78 is 13.8. The van der Waals surface area contributed by atoms with E-state index in [2.05, 4.69) is 10.3 Å². The summed E-state index contributed by atoms with van der Waals surface area (Å²) in [6.45, 7) is -0.594. The Balaban J connectivity index is 2.32. The number of carbonyl (C=O) groups excluding carboxylic acids is 1. The Morgan fingerprint density at radius 1 is 1.57 bits per heavy atom. The van der Waals surface area contributed by atoms with Crippen molar-refractivity contribution in [3.8, 4) is 6.07 Å². The number of aromatic nitrogens is 1. The molecular formula is C12H7BFN3O3S. The molecule has 1 amide bonds. The lowest BCUT2D eigenvalue weighted by Crippen LogP contribution is -2.33. The van der Waals surface area contributed by atoms with Crippen LogP contribution in [0.4, 0.5) is 4.39 Å². The number of rotatable bonds is 4. The van der Waals surface area contributed by atoms with Crippen molar-refractivity contribution >= 4 is 46.7 Å². The molecule has 0 spiro atoms. The summed E-state index contributed by atoms with van der Waals surface area (Å²) in [5, 5.41) is 19.8. The van der Waals surface area contributed by atoms with Gasteiger partial charge >= 0.3 is 5.97 Å². The second-order valence-corrected chi connectivity index (χ2v) is 5.13. The van der Waals surface area contributed by atoms with Crippen molar-refractivity contribution in [2.75, 3.05) is 6.54 Å². The summed E-state index contributed by atoms with van der Waals surface area (Å²) >= 11 is 0.978. The molecule has 2 radical (unpaired) electrons. The smallest absolute Gasteiger partial charge is 0.322 e. The first kappa shape index (κ1) is 14.9. The molecule has 0 fully saturated rings. The third-order valence-corrected chi connectivity index (χ3v) is 3.66. The molecule has 1 unspecified atom stereocenters. The number of amides is 1. The molecule has 2 rings (SSSR count). The fraction of sp³-hybridized carbons (Fsp3) is 0.167. The number of fused-ring (bicyclic) bond motifs is 1. The lowest BCUT2D eigenvalue weighted by molar-refractivity contribution is -0.138. The van der Waals surface area contributed by atoms with Crippen LogP contribution in [0.1, 0.15) is 10.9 Å². The van der Waals surface area contributed by atoms with Gasteiger partial charge in [0.2, 0.25) is 5.91 Å². The van der Waals surface area contributed by atoms with Gasteiger partial charge in [0.05, 0.1) is 16.3 Å². The van der Waals surface area contributed by atoms with Gasteiger partial charge in [0, 0.05) is 0 Å². The Morgan fingerprint density at radius 3 is 2.90 bits per heavy atom. The topological polar surface area (TPSA) is 103 Å². The van der Waals surface area contributed by atoms with Crippen LogP contribution in [0, 0.1) is 17.1 Å². The van der Waals surface area contributed by atoms with Crippen LogP contribution in [0.15, 0.2) is 12.1 Å². The van der Waals surface area contributed by atoms with E-state index in [0.717, 1.165) is 11.3 Å². The lowest BCUT2D eigenvalue weighted by Gasteiger charge is -2.05. The summed E-state index contributed by atoms with van der Waals surface area (Å²) in [6.07, 6.45) is 0. The maximum atomic E-state index is 13.4. The molecule has 0 aliphatic heterocycles. The van der Waals surface area contributed by atoms with Crippen LogP contribution in [-0.2, 0) is 9.59 Å². The van der Waals surface area contributed by atoms with Crippen molar-refractivity contribution in [3.63, 3.8) is 0 Å². The van der Waals surface area contributed by atoms with Crippen molar-refractivity contribution in [1.82, 2.24) is 10.3 Å². The van der Waals surface area contributed by atoms with Crippen LogP contribution < -0.4 is 10.8 Å². The minimum atomic E-state index is -1.26. The molecule has 21 heavy (non-hydrogen) atoms. The van der Waals surface area contributed by atoms with Gasteiger partial charge in [0.1, 0.15) is 25.2 Å². The standard InChI is InChI=1S/C12H7BFN3O3S/c13-6-1-8-9(2-7(6)14)21-12(17-8)5(3-15)11(20)16-4-10(18)19/h1-2,5H,4H2,(H,16,20)(H,18,19). The van der Waals surface area contributed by atoms with E-state index in [1.165, 1.54) is 12.1 Å². The molecule has 1 aromatic carbocycles. The number of carboxylic acids is 1. The number of benzene rings is 1. The molecule has 0 aliphatic carbocycles. The van der Waals surface area contributed by atoms with Gasteiger partial charge in [-0.3, -0.25) is 9.59 Å². The number of aliphatic carboxylic acids is 1. The minimum absolute atomic E-state index is 0.0804. The number of thiazole rings is 1. The van der Waals surface area contributed by atoms with Crippen molar-refractivity contribution < 1.29 is 19.1 Å². The van der Waals surface area contributed by atoms with E-state index in [1.807, 2.05) is 0 Å². The van der Waals surface area contributed by atoms with Crippen LogP contribution in [-0.4, -0.2) is 36.4 Å². The first-order valence-corrected chi connectivity index (χ1v) is 6.48. The fourth-order valence-corrected chi connectivity index (χ4v) is 2.62. The van der Waals surface area contributed by atoms with Crippen LogP contribution in [0.3, 0.4) is 0 Å². The molecular weight excluding hydrogens is 296 g/mol. The second-order valence-electron chi connectivity index (χ2n) is 4.07. The highest BCUT2D eigenvalue weighted by Crippen LogP contribution is 2.27. The molecule has 1 aromatic heterocycles. The molecule has 0 aliphatic rings. The van der Waals surface area contributed by atoms with Gasteiger partial charge in [-0.15, -0.1) is 11.3 Å². The molecule has 9 heteroatoms. The number of halogens is 1. The summed E-state index contributed by atoms with van der Waals surface area (Å²) in [4.78, 5) is 26.2. The van der Waals surface area contributed by atoms with E-state index >= 15 is 0 Å². The van der Waals surface area contributed by atoms with Gasteiger partial charge in [-0.1, -0.05) is 5.46 Å². The van der Waals surface area contributed by atoms with Gasteiger partial charge in [-0.2, -0.15) is 5.26 Å². The van der Waals surface area contributed by atoms with E-state index in [-0.39, 0.29) is 10.5 Å². The van der Waals surface area contributed by atoms with Gasteiger partial charge in [-0.25, -0.2) is 9.37 Å². The highest BCUT2D eigenvalue weighted by Gasteiger charge is 2.24. The molecule has 2 aromatic rings. The molecule has 0 bridgehead atoms. The number of nitriles is 1. The van der Waals surface area contributed by atoms with E-state index in [0.29, 0.717) is 10.2 Å². The Labute approximate surface area is 123 Å². The van der Waals surface area contributed by atoms with E-state index in [9.17, 15) is 14.0 Å². The van der Waals surface area contributed by atoms with Crippen LogP contribution in [0.5, 0.6) is 0 Å². The maximum absolute atomic E-state index is 13.4. The SMILES string of the molecule is [B]c1cc2nc(C(C#N)C(=O)NCC(=O)O)sc2cc1F. The first-order valence-electron chi connectivity index (χ1n) is 5.67. The molecule has 104 valence electrons. The molecule has 6 nitrogen and oxygen atoms in total. The van der Waals surface area contributed by atoms with Crippen molar-refractivity contribution in [1.29, 1.82) is 5.26 Å². The predicted octanol–water partition coefficient (Wildman–Crippen LogP) is 0.0372. The summed E-state index contributed by atoms with van der Waals surface area (Å²) in [5.74, 6) is -3.86. The number of hydrogen-bond acceptors (Lipinski definition) is 5. The molecule has 1 atom stereocenters. The fourth-order valence-electron chi connectivity index (χ4n) is 1.60. The summed E-state index contributed by atoms with van der Waals surface area (Å²) in [6, 6.07) is 4.24. The molecule has 0 saturated heterocycles. The number of nitrogens with zero attached hydrogens (tertiary/aromatic N) is 2. The van der Waals surface area contributed by atoms with Crippen LogP contribution >= 0.6 is 11.3 Å². The van der Waals surface area contributed by atoms with Crippen LogP contribution in [0.25, 0.3) is 10.2 Å². The molecule has 0 saturated carbocycles. The summed E-state index contributed by atoms with van der Waals surface area (Å²) in [7, 11) is 5.42. The zero-order chi connectivity index (χ0) is 15.6. The quantitative estimate of drug-likeness (QED) is 0.776. The van der Waals surface area contributed by atoms with Crippen molar-refractivity contribution in [2.45, 2.75) is 5.92 Å². The van der Waals surface area contributed by atoms with Gasteiger partial charge < -0.3 is 10.4 Å². The van der Waals surface area contributed by atoms with Crippen molar-refractivity contribution in [2.24, 2.45) is 0 Å². The van der Waals surface area contributed by atoms with Crippen molar-refractivity contribution in [3.05, 3.63) is 23.0 Å². The summed E-state index contributed by atoms with van der Waals surface area (Å²) in [5.41, 5.74) is 0.295. The average Bonchev–Trinajstić information content (AvgIpc) is 2.80. The highest BCUT2D eigenvalue weighted by molar-refractivity contribution is 7.18. The van der Waals surface area contributed by atoms with E-state index in [1.54, 1.807) is 6.07 Å². The number of carboxylic acid groups (broad SMARTS) is 1.